The number of rotatable bonds is 5. The largest absolute Gasteiger partial charge is 0.334 e. The van der Waals surface area contributed by atoms with Crippen molar-refractivity contribution in [1.29, 1.82) is 0 Å². The molecule has 0 bridgehead atoms. The Kier molecular flexibility index (Phi) is 5.55. The molecule has 160 valence electrons. The van der Waals surface area contributed by atoms with Gasteiger partial charge in [0, 0.05) is 30.5 Å². The molecule has 1 atom stereocenters. The van der Waals surface area contributed by atoms with Gasteiger partial charge >= 0.3 is 5.97 Å². The van der Waals surface area contributed by atoms with E-state index in [1.807, 2.05) is 6.07 Å². The van der Waals surface area contributed by atoms with Crippen molar-refractivity contribution in [3.05, 3.63) is 101 Å². The summed E-state index contributed by atoms with van der Waals surface area (Å²) in [7, 11) is 0. The first kappa shape index (κ1) is 20.2. The zero-order valence-electron chi connectivity index (χ0n) is 18.0. The number of carbonyl (C=O) groups excluding carboxylic acids is 1. The van der Waals surface area contributed by atoms with Crippen LogP contribution >= 0.6 is 0 Å². The van der Waals surface area contributed by atoms with Gasteiger partial charge in [-0.15, -0.1) is 0 Å². The van der Waals surface area contributed by atoms with Gasteiger partial charge in [0.15, 0.2) is 0 Å². The normalized spacial score (nSPS) is 16.8. The van der Waals surface area contributed by atoms with Gasteiger partial charge in [-0.25, -0.2) is 4.79 Å². The minimum atomic E-state index is -0.333. The molecule has 0 amide bonds. The van der Waals surface area contributed by atoms with Crippen molar-refractivity contribution in [2.45, 2.75) is 38.5 Å². The van der Waals surface area contributed by atoms with Gasteiger partial charge in [0.1, 0.15) is 0 Å². The lowest BCUT2D eigenvalue weighted by Crippen LogP contribution is -2.21. The predicted octanol–water partition coefficient (Wildman–Crippen LogP) is 5.54. The molecule has 0 saturated carbocycles. The lowest BCUT2D eigenvalue weighted by molar-refractivity contribution is -0.143. The van der Waals surface area contributed by atoms with Crippen LogP contribution in [0.5, 0.6) is 0 Å². The van der Waals surface area contributed by atoms with Crippen LogP contribution in [0.25, 0.3) is 10.8 Å². The summed E-state index contributed by atoms with van der Waals surface area (Å²) in [6.45, 7) is 1.77. The SMILES string of the molecule is CCC(=O)ON=C1CC(c2ccccc2)Cc2[nH]nc(Cc3cccc4ccccc34)c21. The third-order valence-corrected chi connectivity index (χ3v) is 6.15. The Bertz CT molecular complexity index is 1290. The third kappa shape index (κ3) is 3.94. The molecule has 5 rings (SSSR count). The molecule has 0 spiro atoms. The number of aromatic amines is 1. The second-order valence-corrected chi connectivity index (χ2v) is 8.21. The Morgan fingerprint density at radius 2 is 1.81 bits per heavy atom. The second-order valence-electron chi connectivity index (χ2n) is 8.21. The molecule has 1 aromatic heterocycles. The maximum absolute atomic E-state index is 11.8. The maximum atomic E-state index is 11.8. The number of H-pyrrole nitrogens is 1. The van der Waals surface area contributed by atoms with Crippen LogP contribution in [0.2, 0.25) is 0 Å². The molecule has 32 heavy (non-hydrogen) atoms. The highest BCUT2D eigenvalue weighted by atomic mass is 16.7. The van der Waals surface area contributed by atoms with Gasteiger partial charge in [-0.2, -0.15) is 5.10 Å². The number of hydrogen-bond acceptors (Lipinski definition) is 4. The smallest absolute Gasteiger partial charge is 0.318 e. The van der Waals surface area contributed by atoms with E-state index in [-0.39, 0.29) is 11.9 Å². The van der Waals surface area contributed by atoms with E-state index in [0.717, 1.165) is 29.1 Å². The van der Waals surface area contributed by atoms with Crippen molar-refractivity contribution < 1.29 is 9.63 Å². The van der Waals surface area contributed by atoms with E-state index < -0.39 is 0 Å². The molecule has 1 unspecified atom stereocenters. The van der Waals surface area contributed by atoms with Crippen LogP contribution in [-0.4, -0.2) is 21.9 Å². The summed E-state index contributed by atoms with van der Waals surface area (Å²) in [4.78, 5) is 17.0. The molecule has 5 nitrogen and oxygen atoms in total. The molecule has 1 aliphatic carbocycles. The van der Waals surface area contributed by atoms with Crippen molar-refractivity contribution in [1.82, 2.24) is 10.2 Å². The van der Waals surface area contributed by atoms with Crippen LogP contribution in [0.3, 0.4) is 0 Å². The van der Waals surface area contributed by atoms with Gasteiger partial charge in [-0.1, -0.05) is 84.9 Å². The van der Waals surface area contributed by atoms with Gasteiger partial charge < -0.3 is 4.84 Å². The lowest BCUT2D eigenvalue weighted by Gasteiger charge is -2.24. The van der Waals surface area contributed by atoms with E-state index in [1.54, 1.807) is 6.92 Å². The van der Waals surface area contributed by atoms with Gasteiger partial charge in [-0.05, 0) is 34.2 Å². The molecule has 0 saturated heterocycles. The summed E-state index contributed by atoms with van der Waals surface area (Å²) < 4.78 is 0. The standard InChI is InChI=1S/C27H25N3O2/c1-2-26(31)32-30-25-17-21(18-9-4-3-5-10-18)16-24-27(25)23(28-29-24)15-20-13-8-12-19-11-6-7-14-22(19)20/h3-14,21H,2,15-17H2,1H3,(H,28,29). The summed E-state index contributed by atoms with van der Waals surface area (Å²) in [5.74, 6) is -0.0754. The van der Waals surface area contributed by atoms with Gasteiger partial charge in [-0.3, -0.25) is 5.10 Å². The Balaban J connectivity index is 1.54. The summed E-state index contributed by atoms with van der Waals surface area (Å²) in [6, 6.07) is 25.1. The number of nitrogens with zero attached hydrogens (tertiary/aromatic N) is 2. The molecular weight excluding hydrogens is 398 g/mol. The fourth-order valence-corrected chi connectivity index (χ4v) is 4.53. The lowest BCUT2D eigenvalue weighted by atomic mass is 9.80. The monoisotopic (exact) mass is 423 g/mol. The number of aromatic nitrogens is 2. The van der Waals surface area contributed by atoms with Crippen molar-refractivity contribution in [2.24, 2.45) is 5.16 Å². The predicted molar refractivity (Wildman–Crippen MR) is 126 cm³/mol. The fraction of sp³-hybridized carbons (Fsp3) is 0.222. The highest BCUT2D eigenvalue weighted by Crippen LogP contribution is 2.35. The van der Waals surface area contributed by atoms with Crippen LogP contribution in [0.1, 0.15) is 53.8 Å². The Labute approximate surface area is 187 Å². The van der Waals surface area contributed by atoms with Crippen molar-refractivity contribution >= 4 is 22.5 Å². The topological polar surface area (TPSA) is 67.3 Å². The van der Waals surface area contributed by atoms with Crippen LogP contribution in [0.4, 0.5) is 0 Å². The molecule has 3 aromatic carbocycles. The van der Waals surface area contributed by atoms with Gasteiger partial charge in [0.2, 0.25) is 0 Å². The van der Waals surface area contributed by atoms with Crippen molar-refractivity contribution in [3.8, 4) is 0 Å². The average Bonchev–Trinajstić information content (AvgIpc) is 3.26. The highest BCUT2D eigenvalue weighted by Gasteiger charge is 2.30. The molecule has 0 aliphatic heterocycles. The Hall–Kier alpha value is -3.73. The summed E-state index contributed by atoms with van der Waals surface area (Å²) in [5, 5.41) is 14.7. The maximum Gasteiger partial charge on any atom is 0.334 e. The van der Waals surface area contributed by atoms with E-state index in [9.17, 15) is 4.79 Å². The van der Waals surface area contributed by atoms with E-state index in [2.05, 4.69) is 82.1 Å². The highest BCUT2D eigenvalue weighted by molar-refractivity contribution is 6.04. The number of hydrogen-bond donors (Lipinski definition) is 1. The van der Waals surface area contributed by atoms with Crippen LogP contribution < -0.4 is 0 Å². The first-order valence-electron chi connectivity index (χ1n) is 11.1. The van der Waals surface area contributed by atoms with E-state index in [0.29, 0.717) is 19.3 Å². The molecule has 1 heterocycles. The third-order valence-electron chi connectivity index (χ3n) is 6.15. The first-order valence-corrected chi connectivity index (χ1v) is 11.1. The number of oxime groups is 1. The number of carbonyl (C=O) groups is 1. The molecular formula is C27H25N3O2. The second kappa shape index (κ2) is 8.79. The van der Waals surface area contributed by atoms with Crippen LogP contribution in [0, 0.1) is 0 Å². The molecule has 0 fully saturated rings. The summed E-state index contributed by atoms with van der Waals surface area (Å²) in [5.41, 5.74) is 6.23. The Morgan fingerprint density at radius 1 is 1.03 bits per heavy atom. The van der Waals surface area contributed by atoms with E-state index in [4.69, 9.17) is 4.84 Å². The molecule has 1 aliphatic rings. The van der Waals surface area contributed by atoms with Crippen LogP contribution in [-0.2, 0) is 22.5 Å². The van der Waals surface area contributed by atoms with Gasteiger partial charge in [0.05, 0.1) is 11.4 Å². The minimum absolute atomic E-state index is 0.258. The molecule has 4 aromatic rings. The van der Waals surface area contributed by atoms with Gasteiger partial charge in [0.25, 0.3) is 0 Å². The van der Waals surface area contributed by atoms with Crippen molar-refractivity contribution in [2.75, 3.05) is 0 Å². The molecule has 0 radical (unpaired) electrons. The first-order chi connectivity index (χ1) is 15.7. The van der Waals surface area contributed by atoms with E-state index in [1.165, 1.54) is 21.9 Å². The quantitative estimate of drug-likeness (QED) is 0.338. The zero-order valence-corrected chi connectivity index (χ0v) is 18.0. The number of benzene rings is 3. The number of fused-ring (bicyclic) bond motifs is 2. The van der Waals surface area contributed by atoms with E-state index >= 15 is 0 Å². The fourth-order valence-electron chi connectivity index (χ4n) is 4.53. The molecule has 1 N–H and O–H groups in total. The van der Waals surface area contributed by atoms with Crippen LogP contribution in [0.15, 0.2) is 78.0 Å². The average molecular weight is 424 g/mol. The summed E-state index contributed by atoms with van der Waals surface area (Å²) >= 11 is 0. The number of nitrogens with one attached hydrogen (secondary N) is 1. The summed E-state index contributed by atoms with van der Waals surface area (Å²) in [6.07, 6.45) is 2.53. The molecule has 5 heteroatoms. The minimum Gasteiger partial charge on any atom is -0.318 e. The zero-order chi connectivity index (χ0) is 21.9. The van der Waals surface area contributed by atoms with Crippen molar-refractivity contribution in [3.63, 3.8) is 0 Å². The Morgan fingerprint density at radius 3 is 2.66 bits per heavy atom.